The fourth-order valence-corrected chi connectivity index (χ4v) is 3.33. The SMILES string of the molecule is O=C1O[C@@]2(CCCN(C(=O)c3ccno3)C2)c2ccccc21. The smallest absolute Gasteiger partial charge is 0.339 e. The number of piperidine rings is 1. The molecule has 0 aliphatic carbocycles. The molecule has 112 valence electrons. The number of carbonyl (C=O) groups is 2. The molecule has 0 radical (unpaired) electrons. The van der Waals surface area contributed by atoms with Gasteiger partial charge in [-0.15, -0.1) is 0 Å². The number of fused-ring (bicyclic) bond motifs is 2. The Labute approximate surface area is 126 Å². The van der Waals surface area contributed by atoms with Crippen molar-refractivity contribution in [1.29, 1.82) is 0 Å². The maximum atomic E-state index is 12.4. The molecule has 1 fully saturated rings. The molecular formula is C16H14N2O4. The first-order valence-corrected chi connectivity index (χ1v) is 7.22. The van der Waals surface area contributed by atoms with Crippen LogP contribution >= 0.6 is 0 Å². The molecule has 1 aromatic carbocycles. The molecule has 0 N–H and O–H groups in total. The van der Waals surface area contributed by atoms with E-state index in [1.165, 1.54) is 12.3 Å². The second-order valence-corrected chi connectivity index (χ2v) is 5.64. The Morgan fingerprint density at radius 2 is 2.14 bits per heavy atom. The van der Waals surface area contributed by atoms with Crippen molar-refractivity contribution in [3.63, 3.8) is 0 Å². The van der Waals surface area contributed by atoms with Crippen LogP contribution in [-0.2, 0) is 10.3 Å². The second-order valence-electron chi connectivity index (χ2n) is 5.64. The highest BCUT2D eigenvalue weighted by Crippen LogP contribution is 2.42. The van der Waals surface area contributed by atoms with Crippen LogP contribution in [0.25, 0.3) is 0 Å². The molecular weight excluding hydrogens is 284 g/mol. The van der Waals surface area contributed by atoms with Crippen LogP contribution in [-0.4, -0.2) is 35.0 Å². The number of hydrogen-bond acceptors (Lipinski definition) is 5. The van der Waals surface area contributed by atoms with Gasteiger partial charge in [-0.2, -0.15) is 0 Å². The van der Waals surface area contributed by atoms with E-state index in [0.29, 0.717) is 18.7 Å². The standard InChI is InChI=1S/C16H14N2O4/c19-14(13-6-8-17-22-13)18-9-3-7-16(10-18)12-5-2-1-4-11(12)15(20)21-16/h1-2,4-6,8H,3,7,9-10H2/t16-/m1/s1. The predicted octanol–water partition coefficient (Wildman–Crippen LogP) is 1.98. The lowest BCUT2D eigenvalue weighted by Crippen LogP contribution is -2.48. The number of benzene rings is 1. The molecule has 1 amide bonds. The number of ether oxygens (including phenoxy) is 1. The van der Waals surface area contributed by atoms with Crippen molar-refractivity contribution in [3.8, 4) is 0 Å². The van der Waals surface area contributed by atoms with Gasteiger partial charge in [0.05, 0.1) is 18.3 Å². The van der Waals surface area contributed by atoms with E-state index in [4.69, 9.17) is 9.26 Å². The van der Waals surface area contributed by atoms with Crippen molar-refractivity contribution >= 4 is 11.9 Å². The van der Waals surface area contributed by atoms with E-state index in [0.717, 1.165) is 18.4 Å². The first kappa shape index (κ1) is 13.1. The van der Waals surface area contributed by atoms with Gasteiger partial charge in [0.1, 0.15) is 0 Å². The number of amides is 1. The van der Waals surface area contributed by atoms with Gasteiger partial charge >= 0.3 is 5.97 Å². The number of carbonyl (C=O) groups excluding carboxylic acids is 2. The molecule has 22 heavy (non-hydrogen) atoms. The number of likely N-dealkylation sites (tertiary alicyclic amines) is 1. The van der Waals surface area contributed by atoms with Gasteiger partial charge in [0, 0.05) is 18.2 Å². The fourth-order valence-electron chi connectivity index (χ4n) is 3.33. The Kier molecular flexibility index (Phi) is 2.79. The minimum Gasteiger partial charge on any atom is -0.449 e. The average Bonchev–Trinajstić information content (AvgIpc) is 3.16. The summed E-state index contributed by atoms with van der Waals surface area (Å²) in [6.07, 6.45) is 2.93. The Morgan fingerprint density at radius 1 is 1.27 bits per heavy atom. The molecule has 2 aliphatic rings. The Hall–Kier alpha value is -2.63. The molecule has 1 spiro atoms. The van der Waals surface area contributed by atoms with Gasteiger partial charge in [0.2, 0.25) is 5.76 Å². The molecule has 0 saturated carbocycles. The minimum atomic E-state index is -0.735. The molecule has 2 aliphatic heterocycles. The number of rotatable bonds is 1. The zero-order valence-electron chi connectivity index (χ0n) is 11.8. The number of aromatic nitrogens is 1. The van der Waals surface area contributed by atoms with E-state index in [1.807, 2.05) is 18.2 Å². The Balaban J connectivity index is 1.67. The lowest BCUT2D eigenvalue weighted by atomic mass is 9.85. The van der Waals surface area contributed by atoms with E-state index in [2.05, 4.69) is 5.16 Å². The maximum Gasteiger partial charge on any atom is 0.339 e. The first-order chi connectivity index (χ1) is 10.7. The van der Waals surface area contributed by atoms with Crippen LogP contribution in [0.4, 0.5) is 0 Å². The summed E-state index contributed by atoms with van der Waals surface area (Å²) in [5, 5.41) is 3.57. The third-order valence-electron chi connectivity index (χ3n) is 4.32. The van der Waals surface area contributed by atoms with Crippen LogP contribution in [0.3, 0.4) is 0 Å². The highest BCUT2D eigenvalue weighted by molar-refractivity contribution is 5.95. The van der Waals surface area contributed by atoms with Crippen LogP contribution < -0.4 is 0 Å². The van der Waals surface area contributed by atoms with Crippen LogP contribution in [0.2, 0.25) is 0 Å². The van der Waals surface area contributed by atoms with Gasteiger partial charge in [0.15, 0.2) is 5.60 Å². The van der Waals surface area contributed by atoms with Crippen molar-refractivity contribution in [3.05, 3.63) is 53.4 Å². The normalized spacial score (nSPS) is 23.5. The zero-order chi connectivity index (χ0) is 15.2. The van der Waals surface area contributed by atoms with Gasteiger partial charge in [0.25, 0.3) is 5.91 Å². The van der Waals surface area contributed by atoms with Crippen molar-refractivity contribution in [1.82, 2.24) is 10.1 Å². The van der Waals surface area contributed by atoms with Gasteiger partial charge in [-0.05, 0) is 18.9 Å². The summed E-state index contributed by atoms with van der Waals surface area (Å²) in [7, 11) is 0. The summed E-state index contributed by atoms with van der Waals surface area (Å²) in [4.78, 5) is 26.2. The van der Waals surface area contributed by atoms with Crippen LogP contribution in [0, 0.1) is 0 Å². The highest BCUT2D eigenvalue weighted by atomic mass is 16.6. The molecule has 1 aromatic heterocycles. The molecule has 0 unspecified atom stereocenters. The zero-order valence-corrected chi connectivity index (χ0v) is 11.8. The van der Waals surface area contributed by atoms with Crippen LogP contribution in [0.1, 0.15) is 39.3 Å². The van der Waals surface area contributed by atoms with Crippen molar-refractivity contribution in [2.75, 3.05) is 13.1 Å². The molecule has 2 aromatic rings. The molecule has 6 heteroatoms. The molecule has 0 bridgehead atoms. The largest absolute Gasteiger partial charge is 0.449 e. The van der Waals surface area contributed by atoms with Crippen molar-refractivity contribution in [2.24, 2.45) is 0 Å². The predicted molar refractivity (Wildman–Crippen MR) is 75.2 cm³/mol. The topological polar surface area (TPSA) is 72.6 Å². The summed E-state index contributed by atoms with van der Waals surface area (Å²) in [6.45, 7) is 0.955. The first-order valence-electron chi connectivity index (χ1n) is 7.22. The average molecular weight is 298 g/mol. The van der Waals surface area contributed by atoms with Gasteiger partial charge in [-0.1, -0.05) is 23.4 Å². The summed E-state index contributed by atoms with van der Waals surface area (Å²) in [5.74, 6) is -0.337. The molecule has 6 nitrogen and oxygen atoms in total. The van der Waals surface area contributed by atoms with Gasteiger partial charge in [-0.25, -0.2) is 4.79 Å². The van der Waals surface area contributed by atoms with Crippen LogP contribution in [0.15, 0.2) is 41.1 Å². The van der Waals surface area contributed by atoms with Crippen molar-refractivity contribution < 1.29 is 18.8 Å². The van der Waals surface area contributed by atoms with Crippen LogP contribution in [0.5, 0.6) is 0 Å². The summed E-state index contributed by atoms with van der Waals surface area (Å²) >= 11 is 0. The van der Waals surface area contributed by atoms with E-state index in [9.17, 15) is 9.59 Å². The Morgan fingerprint density at radius 3 is 2.95 bits per heavy atom. The maximum absolute atomic E-state index is 12.4. The number of esters is 1. The van der Waals surface area contributed by atoms with Gasteiger partial charge < -0.3 is 14.2 Å². The number of hydrogen-bond donors (Lipinski definition) is 0. The summed E-state index contributed by atoms with van der Waals surface area (Å²) in [5.41, 5.74) is 0.730. The summed E-state index contributed by atoms with van der Waals surface area (Å²) < 4.78 is 10.6. The lowest BCUT2D eigenvalue weighted by molar-refractivity contribution is -0.0448. The van der Waals surface area contributed by atoms with E-state index < -0.39 is 5.60 Å². The number of nitrogens with zero attached hydrogens (tertiary/aromatic N) is 2. The van der Waals surface area contributed by atoms with Crippen molar-refractivity contribution in [2.45, 2.75) is 18.4 Å². The quantitative estimate of drug-likeness (QED) is 0.753. The summed E-state index contributed by atoms with van der Waals surface area (Å²) in [6, 6.07) is 8.92. The third kappa shape index (κ3) is 1.83. The molecule has 3 heterocycles. The monoisotopic (exact) mass is 298 g/mol. The third-order valence-corrected chi connectivity index (χ3v) is 4.32. The molecule has 1 saturated heterocycles. The second kappa shape index (κ2) is 4.69. The Bertz CT molecular complexity index is 740. The lowest BCUT2D eigenvalue weighted by Gasteiger charge is -2.39. The highest BCUT2D eigenvalue weighted by Gasteiger charge is 2.49. The fraction of sp³-hybridized carbons (Fsp3) is 0.312. The molecule has 4 rings (SSSR count). The minimum absolute atomic E-state index is 0.203. The molecule has 1 atom stereocenters. The van der Waals surface area contributed by atoms with Gasteiger partial charge in [-0.3, -0.25) is 4.79 Å². The van der Waals surface area contributed by atoms with E-state index in [1.54, 1.807) is 11.0 Å². The van der Waals surface area contributed by atoms with E-state index in [-0.39, 0.29) is 17.6 Å². The van der Waals surface area contributed by atoms with E-state index >= 15 is 0 Å².